The summed E-state index contributed by atoms with van der Waals surface area (Å²) in [5, 5.41) is 14.9. The Labute approximate surface area is 172 Å². The highest BCUT2D eigenvalue weighted by Gasteiger charge is 2.34. The van der Waals surface area contributed by atoms with Gasteiger partial charge in [-0.15, -0.1) is 10.2 Å². The van der Waals surface area contributed by atoms with Crippen LogP contribution in [0.1, 0.15) is 30.7 Å². The number of hydrazone groups is 1. The average molecular weight is 411 g/mol. The minimum Gasteiger partial charge on any atom is -0.497 e. The predicted octanol–water partition coefficient (Wildman–Crippen LogP) is 3.37. The molecule has 0 unspecified atom stereocenters. The molecule has 0 bridgehead atoms. The van der Waals surface area contributed by atoms with Crippen molar-refractivity contribution in [2.24, 2.45) is 5.10 Å². The number of hydrogen-bond acceptors (Lipinski definition) is 7. The second-order valence-electron chi connectivity index (χ2n) is 6.44. The molecule has 150 valence electrons. The molecule has 4 rings (SSSR count). The molecular weight excluding hydrogens is 390 g/mol. The van der Waals surface area contributed by atoms with Crippen molar-refractivity contribution in [3.63, 3.8) is 0 Å². The van der Waals surface area contributed by atoms with E-state index in [1.165, 1.54) is 16.8 Å². The first kappa shape index (κ1) is 19.3. The second kappa shape index (κ2) is 8.52. The third-order valence-electron chi connectivity index (χ3n) is 4.71. The summed E-state index contributed by atoms with van der Waals surface area (Å²) in [5.74, 6) is 1.60. The molecule has 29 heavy (non-hydrogen) atoms. The Morgan fingerprint density at radius 2 is 2.14 bits per heavy atom. The molecule has 0 N–H and O–H groups in total. The minimum atomic E-state index is -0.265. The molecule has 0 saturated carbocycles. The molecule has 0 spiro atoms. The van der Waals surface area contributed by atoms with Crippen LogP contribution in [0.5, 0.6) is 5.75 Å². The maximum absolute atomic E-state index is 13.0. The molecular formula is C20H21N5O3S. The van der Waals surface area contributed by atoms with Gasteiger partial charge in [0.25, 0.3) is 5.91 Å². The lowest BCUT2D eigenvalue weighted by atomic mass is 10.0. The molecule has 3 heterocycles. The van der Waals surface area contributed by atoms with Crippen LogP contribution < -0.4 is 4.74 Å². The predicted molar refractivity (Wildman–Crippen MR) is 109 cm³/mol. The number of thioether (sulfide) groups is 1. The van der Waals surface area contributed by atoms with Crippen LogP contribution in [0.4, 0.5) is 0 Å². The van der Waals surface area contributed by atoms with Gasteiger partial charge in [-0.25, -0.2) is 5.01 Å². The fourth-order valence-electron chi connectivity index (χ4n) is 3.17. The van der Waals surface area contributed by atoms with Gasteiger partial charge in [-0.05, 0) is 48.9 Å². The van der Waals surface area contributed by atoms with Gasteiger partial charge in [-0.1, -0.05) is 11.8 Å². The number of carbonyl (C=O) groups is 1. The minimum absolute atomic E-state index is 0.106. The van der Waals surface area contributed by atoms with Crippen molar-refractivity contribution in [2.45, 2.75) is 31.1 Å². The average Bonchev–Trinajstić information content (AvgIpc) is 3.51. The highest BCUT2D eigenvalue weighted by Crippen LogP contribution is 2.34. The molecule has 1 atom stereocenters. The molecule has 0 fully saturated rings. The molecule has 8 nitrogen and oxygen atoms in total. The number of furan rings is 1. The number of ether oxygens (including phenoxy) is 1. The van der Waals surface area contributed by atoms with Gasteiger partial charge >= 0.3 is 0 Å². The number of aromatic nitrogens is 3. The summed E-state index contributed by atoms with van der Waals surface area (Å²) >= 11 is 1.36. The molecule has 1 aliphatic heterocycles. The third kappa shape index (κ3) is 4.04. The van der Waals surface area contributed by atoms with Gasteiger partial charge in [0.05, 0.1) is 24.8 Å². The number of aryl methyl sites for hydroxylation is 1. The topological polar surface area (TPSA) is 85.8 Å². The Balaban J connectivity index is 1.55. The summed E-state index contributed by atoms with van der Waals surface area (Å²) in [6.45, 7) is 2.76. The van der Waals surface area contributed by atoms with Gasteiger partial charge in [-0.2, -0.15) is 5.10 Å². The summed E-state index contributed by atoms with van der Waals surface area (Å²) in [5.41, 5.74) is 1.79. The van der Waals surface area contributed by atoms with Crippen LogP contribution >= 0.6 is 11.8 Å². The molecule has 0 aliphatic carbocycles. The Morgan fingerprint density at radius 1 is 1.31 bits per heavy atom. The lowest BCUT2D eigenvalue weighted by Gasteiger charge is -2.19. The first-order chi connectivity index (χ1) is 14.2. The maximum Gasteiger partial charge on any atom is 0.253 e. The Hall–Kier alpha value is -3.07. The summed E-state index contributed by atoms with van der Waals surface area (Å²) < 4.78 is 12.7. The largest absolute Gasteiger partial charge is 0.497 e. The van der Waals surface area contributed by atoms with E-state index in [1.807, 2.05) is 47.9 Å². The maximum atomic E-state index is 13.0. The number of rotatable bonds is 7. The first-order valence-electron chi connectivity index (χ1n) is 9.27. The smallest absolute Gasteiger partial charge is 0.253 e. The Kier molecular flexibility index (Phi) is 5.66. The fourth-order valence-corrected chi connectivity index (χ4v) is 4.00. The molecule has 1 amide bonds. The highest BCUT2D eigenvalue weighted by atomic mass is 32.2. The van der Waals surface area contributed by atoms with Crippen LogP contribution in [-0.2, 0) is 11.3 Å². The molecule has 2 aromatic heterocycles. The number of hydrogen-bond donors (Lipinski definition) is 0. The zero-order valence-corrected chi connectivity index (χ0v) is 17.0. The van der Waals surface area contributed by atoms with E-state index < -0.39 is 0 Å². The normalized spacial score (nSPS) is 16.1. The second-order valence-corrected chi connectivity index (χ2v) is 7.38. The fraction of sp³-hybridized carbons (Fsp3) is 0.300. The third-order valence-corrected chi connectivity index (χ3v) is 5.67. The number of carbonyl (C=O) groups excluding carboxylic acids is 1. The summed E-state index contributed by atoms with van der Waals surface area (Å²) in [6.07, 6.45) is 3.86. The van der Waals surface area contributed by atoms with Crippen LogP contribution in [0, 0.1) is 0 Å². The van der Waals surface area contributed by atoms with Crippen LogP contribution in [0.2, 0.25) is 0 Å². The zero-order chi connectivity index (χ0) is 20.2. The van der Waals surface area contributed by atoms with E-state index in [2.05, 4.69) is 15.3 Å². The van der Waals surface area contributed by atoms with Crippen molar-refractivity contribution < 1.29 is 13.9 Å². The highest BCUT2D eigenvalue weighted by molar-refractivity contribution is 7.99. The van der Waals surface area contributed by atoms with E-state index in [4.69, 9.17) is 9.15 Å². The van der Waals surface area contributed by atoms with Crippen molar-refractivity contribution in [3.8, 4) is 5.75 Å². The van der Waals surface area contributed by atoms with E-state index in [-0.39, 0.29) is 17.7 Å². The number of amides is 1. The van der Waals surface area contributed by atoms with Gasteiger partial charge in [-0.3, -0.25) is 4.79 Å². The molecule has 9 heteroatoms. The van der Waals surface area contributed by atoms with E-state index >= 15 is 0 Å². The molecule has 1 aromatic carbocycles. The Morgan fingerprint density at radius 3 is 2.83 bits per heavy atom. The van der Waals surface area contributed by atoms with Crippen molar-refractivity contribution >= 4 is 23.4 Å². The van der Waals surface area contributed by atoms with Crippen molar-refractivity contribution in [2.75, 3.05) is 12.9 Å². The van der Waals surface area contributed by atoms with Crippen LogP contribution in [0.3, 0.4) is 0 Å². The van der Waals surface area contributed by atoms with Crippen LogP contribution in [0.25, 0.3) is 0 Å². The molecule has 0 saturated heterocycles. The van der Waals surface area contributed by atoms with Crippen molar-refractivity contribution in [1.29, 1.82) is 0 Å². The zero-order valence-electron chi connectivity index (χ0n) is 16.2. The van der Waals surface area contributed by atoms with E-state index in [1.54, 1.807) is 19.7 Å². The summed E-state index contributed by atoms with van der Waals surface area (Å²) in [4.78, 5) is 13.0. The van der Waals surface area contributed by atoms with Crippen LogP contribution in [0.15, 0.2) is 63.7 Å². The number of nitrogens with zero attached hydrogens (tertiary/aromatic N) is 5. The number of methoxy groups -OCH3 is 1. The lowest BCUT2D eigenvalue weighted by Crippen LogP contribution is -2.28. The monoisotopic (exact) mass is 411 g/mol. The summed E-state index contributed by atoms with van der Waals surface area (Å²) in [7, 11) is 1.63. The van der Waals surface area contributed by atoms with Gasteiger partial charge in [0.2, 0.25) is 0 Å². The lowest BCUT2D eigenvalue weighted by molar-refractivity contribution is -0.130. The summed E-state index contributed by atoms with van der Waals surface area (Å²) in [6, 6.07) is 11.1. The van der Waals surface area contributed by atoms with E-state index in [0.717, 1.165) is 23.6 Å². The van der Waals surface area contributed by atoms with Gasteiger partial charge in [0.1, 0.15) is 23.9 Å². The number of benzene rings is 1. The van der Waals surface area contributed by atoms with Gasteiger partial charge in [0.15, 0.2) is 5.16 Å². The SMILES string of the molecule is CCn1cnnc1SCC(=O)N1N=C(c2ccc(OC)cc2)C[C@H]1c1ccco1. The van der Waals surface area contributed by atoms with E-state index in [0.29, 0.717) is 17.3 Å². The molecule has 1 aliphatic rings. The first-order valence-corrected chi connectivity index (χ1v) is 10.3. The molecule has 0 radical (unpaired) electrons. The van der Waals surface area contributed by atoms with Crippen molar-refractivity contribution in [1.82, 2.24) is 19.8 Å². The van der Waals surface area contributed by atoms with Gasteiger partial charge < -0.3 is 13.7 Å². The standard InChI is InChI=1S/C20H21N5O3S/c1-3-24-13-21-22-20(24)29-12-19(26)25-17(18-5-4-10-28-18)11-16(23-25)14-6-8-15(27-2)9-7-14/h4-10,13,17H,3,11-12H2,1-2H3/t17-/m0/s1. The van der Waals surface area contributed by atoms with Gasteiger partial charge in [0, 0.05) is 13.0 Å². The Bertz CT molecular complexity index is 998. The van der Waals surface area contributed by atoms with Crippen LogP contribution in [-0.4, -0.2) is 44.3 Å². The van der Waals surface area contributed by atoms with E-state index in [9.17, 15) is 4.79 Å². The van der Waals surface area contributed by atoms with Crippen molar-refractivity contribution in [3.05, 3.63) is 60.3 Å². The quantitative estimate of drug-likeness (QED) is 0.554. The molecule has 3 aromatic rings.